The predicted octanol–water partition coefficient (Wildman–Crippen LogP) is 13.8. The average Bonchev–Trinajstić information content (AvgIpc) is 3.35. The van der Waals surface area contributed by atoms with Crippen molar-refractivity contribution < 1.29 is 47.2 Å². The van der Waals surface area contributed by atoms with Crippen LogP contribution in [-0.2, 0) is 47.2 Å². The highest BCUT2D eigenvalue weighted by atomic mass is 28.4. The molecule has 8 rings (SSSR count). The predicted molar refractivity (Wildman–Crippen MR) is 291 cm³/mol. The first kappa shape index (κ1) is 58.1. The van der Waals surface area contributed by atoms with Gasteiger partial charge in [0.25, 0.3) is 0 Å². The molecule has 418 valence electrons. The molecular formula is C62H106O10Si. The number of hydrogen-bond donors (Lipinski definition) is 0. The zero-order chi connectivity index (χ0) is 53.6. The van der Waals surface area contributed by atoms with Gasteiger partial charge in [0, 0.05) is 18.9 Å². The topological polar surface area (TPSA) is 108 Å². The minimum Gasteiger partial charge on any atom is -0.408 e. The summed E-state index contributed by atoms with van der Waals surface area (Å²) in [5.41, 5.74) is 0.0902. The number of carbonyl (C=O) groups excluding carboxylic acids is 2. The highest BCUT2D eigenvalue weighted by Crippen LogP contribution is 2.76. The number of allylic oxidation sites excluding steroid dienone is 2. The Balaban J connectivity index is 1.13. The number of ketones is 1. The van der Waals surface area contributed by atoms with Gasteiger partial charge in [0.15, 0.2) is 27.2 Å². The van der Waals surface area contributed by atoms with Crippen LogP contribution in [-0.4, -0.2) is 95.7 Å². The molecule has 24 atom stereocenters. The van der Waals surface area contributed by atoms with Crippen molar-refractivity contribution in [3.8, 4) is 0 Å². The Morgan fingerprint density at radius 1 is 0.712 bits per heavy atom. The summed E-state index contributed by atoms with van der Waals surface area (Å²) < 4.78 is 57.1. The molecule has 4 saturated carbocycles. The van der Waals surface area contributed by atoms with Crippen LogP contribution < -0.4 is 0 Å². The molecule has 3 saturated heterocycles. The molecule has 0 amide bonds. The SMILES string of the molecule is CCC1O[C@@H](OC2[C@H](O[C@H]3CCC4(C)C5CC=C6C7CC(C)(C)CC[C@]7(C(C)=O)C(OC)C[C@@]6(C)C5(C)CC[C@H]4[C@@]3(C)C=O)OC[C@@H](C)[C@@H]2O[C@@H]2O[C@@H](C)[C@H](C)C(C)C2C)C(O[Si](CC)(CC)CC)[C@@H](C)[C@H]1C. The molecule has 0 aromatic rings. The van der Waals surface area contributed by atoms with E-state index in [2.05, 4.69) is 124 Å². The first-order chi connectivity index (χ1) is 34.2. The maximum absolute atomic E-state index is 14.3. The molecule has 11 heteroatoms. The first-order valence-corrected chi connectivity index (χ1v) is 32.6. The molecule has 0 N–H and O–H groups in total. The van der Waals surface area contributed by atoms with E-state index in [0.29, 0.717) is 36.1 Å². The zero-order valence-corrected chi connectivity index (χ0v) is 50.6. The van der Waals surface area contributed by atoms with E-state index in [-0.39, 0.29) is 75.7 Å². The molecule has 0 aromatic heterocycles. The van der Waals surface area contributed by atoms with Gasteiger partial charge in [0.2, 0.25) is 0 Å². The fraction of sp³-hybridized carbons (Fsp3) is 0.935. The van der Waals surface area contributed by atoms with Crippen LogP contribution in [0.1, 0.15) is 189 Å². The van der Waals surface area contributed by atoms with Crippen LogP contribution in [0, 0.1) is 85.8 Å². The second-order valence-corrected chi connectivity index (χ2v) is 32.8. The van der Waals surface area contributed by atoms with Gasteiger partial charge >= 0.3 is 0 Å². The zero-order valence-electron chi connectivity index (χ0n) is 49.6. The van der Waals surface area contributed by atoms with Gasteiger partial charge in [-0.25, -0.2) is 0 Å². The minimum atomic E-state index is -2.11. The number of fused-ring (bicyclic) bond motifs is 7. The fourth-order valence-corrected chi connectivity index (χ4v) is 21.1. The van der Waals surface area contributed by atoms with Gasteiger partial charge < -0.3 is 42.4 Å². The molecule has 0 spiro atoms. The second-order valence-electron chi connectivity index (χ2n) is 28.1. The van der Waals surface area contributed by atoms with Gasteiger partial charge in [-0.2, -0.15) is 0 Å². The summed E-state index contributed by atoms with van der Waals surface area (Å²) in [6.07, 6.45) is 9.35. The molecule has 5 aliphatic carbocycles. The van der Waals surface area contributed by atoms with Gasteiger partial charge in [0.05, 0.1) is 54.1 Å². The van der Waals surface area contributed by atoms with E-state index >= 15 is 0 Å². The Morgan fingerprint density at radius 3 is 2.00 bits per heavy atom. The molecule has 8 aliphatic rings. The van der Waals surface area contributed by atoms with Gasteiger partial charge in [0.1, 0.15) is 18.2 Å². The third kappa shape index (κ3) is 9.36. The molecule has 0 bridgehead atoms. The Morgan fingerprint density at radius 2 is 1.38 bits per heavy atom. The summed E-state index contributed by atoms with van der Waals surface area (Å²) in [6, 6.07) is 3.10. The summed E-state index contributed by atoms with van der Waals surface area (Å²) >= 11 is 0. The number of aldehydes is 1. The lowest BCUT2D eigenvalue weighted by Gasteiger charge is -2.72. The largest absolute Gasteiger partial charge is 0.408 e. The highest BCUT2D eigenvalue weighted by molar-refractivity contribution is 6.73. The number of carbonyl (C=O) groups is 2. The number of ether oxygens (including phenoxy) is 7. The van der Waals surface area contributed by atoms with Crippen molar-refractivity contribution >= 4 is 20.4 Å². The summed E-state index contributed by atoms with van der Waals surface area (Å²) in [7, 11) is -0.258. The standard InChI is InChI=1S/C62H106O10Si/c1-20-46-39(8)40(9)52(72-73(21-2,22-3)23-4)56(68-46)71-53-51(70-54-41(10)37(6)38(7)42(11)67-54)36(5)34-66-55(53)69-49-27-28-58(15)47(59(49,16)35-63)26-29-60(17)48(58)25-24-44-45-32-57(13,14)30-31-62(45,43(12)64)50(65-19)33-61(44,60)18/h24,35-42,45-56H,20-23,25-34H2,1-19H3/t36-,37?,38-,39-,40+,41?,42+,45?,46?,47-,48?,49+,50?,51+,52?,53?,54+,55+,56+,58?,59-,60?,61-,62-/m1/s1. The quantitative estimate of drug-likeness (QED) is 0.0681. The first-order valence-electron chi connectivity index (χ1n) is 30.0. The van der Waals surface area contributed by atoms with Crippen molar-refractivity contribution in [2.24, 2.45) is 85.8 Å². The molecule has 3 aliphatic heterocycles. The van der Waals surface area contributed by atoms with Crippen molar-refractivity contribution in [3.63, 3.8) is 0 Å². The van der Waals surface area contributed by atoms with Gasteiger partial charge in [-0.3, -0.25) is 4.79 Å². The van der Waals surface area contributed by atoms with E-state index in [9.17, 15) is 9.59 Å². The van der Waals surface area contributed by atoms with Crippen LogP contribution in [0.25, 0.3) is 0 Å². The lowest BCUT2D eigenvalue weighted by molar-refractivity contribution is -0.372. The number of Topliss-reactive ketones (excluding diaryl/α,β-unsaturated/α-hetero) is 1. The van der Waals surface area contributed by atoms with Crippen LogP contribution in [0.15, 0.2) is 11.6 Å². The maximum atomic E-state index is 14.3. The van der Waals surface area contributed by atoms with Crippen molar-refractivity contribution in [1.82, 2.24) is 0 Å². The third-order valence-corrected chi connectivity index (χ3v) is 29.1. The van der Waals surface area contributed by atoms with E-state index in [1.165, 1.54) is 11.9 Å². The summed E-state index contributed by atoms with van der Waals surface area (Å²) in [5, 5.41) is 0. The van der Waals surface area contributed by atoms with Crippen LogP contribution >= 0.6 is 0 Å². The van der Waals surface area contributed by atoms with Crippen molar-refractivity contribution in [2.75, 3.05) is 13.7 Å². The molecular weight excluding hydrogens is 933 g/mol. The van der Waals surface area contributed by atoms with Crippen LogP contribution in [0.2, 0.25) is 18.1 Å². The lowest BCUT2D eigenvalue weighted by Crippen LogP contribution is -2.68. The van der Waals surface area contributed by atoms with Gasteiger partial charge in [-0.1, -0.05) is 122 Å². The number of methoxy groups -OCH3 is 1. The second kappa shape index (κ2) is 21.2. The van der Waals surface area contributed by atoms with E-state index in [4.69, 9.17) is 37.6 Å². The van der Waals surface area contributed by atoms with Crippen molar-refractivity contribution in [3.05, 3.63) is 11.6 Å². The number of rotatable bonds is 15. The molecule has 0 radical (unpaired) electrons. The monoisotopic (exact) mass is 1040 g/mol. The maximum Gasteiger partial charge on any atom is 0.192 e. The summed E-state index contributed by atoms with van der Waals surface area (Å²) in [6.45, 7) is 41.8. The molecule has 0 aromatic carbocycles. The van der Waals surface area contributed by atoms with E-state index in [1.54, 1.807) is 0 Å². The smallest absolute Gasteiger partial charge is 0.192 e. The Bertz CT molecular complexity index is 1980. The van der Waals surface area contributed by atoms with E-state index in [1.807, 2.05) is 14.0 Å². The molecule has 7 fully saturated rings. The third-order valence-electron chi connectivity index (χ3n) is 24.5. The van der Waals surface area contributed by atoms with Crippen LogP contribution in [0.3, 0.4) is 0 Å². The van der Waals surface area contributed by atoms with Crippen molar-refractivity contribution in [1.29, 1.82) is 0 Å². The van der Waals surface area contributed by atoms with Gasteiger partial charge in [-0.05, 0) is 159 Å². The van der Waals surface area contributed by atoms with Gasteiger partial charge in [-0.15, -0.1) is 0 Å². The molecule has 73 heavy (non-hydrogen) atoms. The Labute approximate surface area is 445 Å². The Hall–Kier alpha value is -1.02. The van der Waals surface area contributed by atoms with Crippen LogP contribution in [0.5, 0.6) is 0 Å². The molecule has 10 unspecified atom stereocenters. The molecule has 10 nitrogen and oxygen atoms in total. The Kier molecular flexibility index (Phi) is 16.9. The summed E-state index contributed by atoms with van der Waals surface area (Å²) in [4.78, 5) is 28.3. The van der Waals surface area contributed by atoms with E-state index in [0.717, 1.165) is 82.3 Å². The summed E-state index contributed by atoms with van der Waals surface area (Å²) in [5.74, 6) is 2.34. The minimum absolute atomic E-state index is 0.00544. The normalized spacial score (nSPS) is 50.9. The molecule has 3 heterocycles. The fourth-order valence-electron chi connectivity index (χ4n) is 18.2. The lowest BCUT2D eigenvalue weighted by atomic mass is 9.33. The van der Waals surface area contributed by atoms with E-state index < -0.39 is 56.3 Å². The highest BCUT2D eigenvalue weighted by Gasteiger charge is 2.72. The number of hydrogen-bond acceptors (Lipinski definition) is 10. The van der Waals surface area contributed by atoms with Crippen molar-refractivity contribution in [2.45, 2.75) is 269 Å². The van der Waals surface area contributed by atoms with Crippen LogP contribution in [0.4, 0.5) is 0 Å². The average molecular weight is 1040 g/mol.